The Morgan fingerprint density at radius 1 is 1.17 bits per heavy atom. The second-order valence-corrected chi connectivity index (χ2v) is 7.27. The predicted octanol–water partition coefficient (Wildman–Crippen LogP) is 1.91. The first-order chi connectivity index (χ1) is 11.3. The molecule has 1 amide bonds. The Morgan fingerprint density at radius 3 is 2.54 bits per heavy atom. The lowest BCUT2D eigenvalue weighted by atomic mass is 10.0. The molecule has 7 heteroatoms. The summed E-state index contributed by atoms with van der Waals surface area (Å²) in [5.74, 6) is 1.74. The molecule has 0 atom stereocenters. The first kappa shape index (κ1) is 17.0. The number of anilines is 1. The fourth-order valence-electron chi connectivity index (χ4n) is 3.05. The minimum Gasteiger partial charge on any atom is -0.444 e. The van der Waals surface area contributed by atoms with E-state index in [1.165, 1.54) is 0 Å². The molecule has 0 aliphatic carbocycles. The third-order valence-corrected chi connectivity index (χ3v) is 4.12. The van der Waals surface area contributed by atoms with Crippen LogP contribution in [0.3, 0.4) is 0 Å². The van der Waals surface area contributed by atoms with Crippen LogP contribution in [0.1, 0.15) is 37.9 Å². The molecule has 0 N–H and O–H groups in total. The van der Waals surface area contributed by atoms with Crippen LogP contribution in [0.5, 0.6) is 0 Å². The van der Waals surface area contributed by atoms with Crippen molar-refractivity contribution in [3.05, 3.63) is 17.1 Å². The highest BCUT2D eigenvalue weighted by molar-refractivity contribution is 5.69. The zero-order chi connectivity index (χ0) is 17.3. The van der Waals surface area contributed by atoms with E-state index in [4.69, 9.17) is 9.47 Å². The van der Waals surface area contributed by atoms with Crippen LogP contribution in [0.4, 0.5) is 10.6 Å². The third-order valence-electron chi connectivity index (χ3n) is 4.12. The molecule has 1 saturated heterocycles. The number of ether oxygens (including phenoxy) is 2. The van der Waals surface area contributed by atoms with E-state index in [9.17, 15) is 4.79 Å². The highest BCUT2D eigenvalue weighted by Gasteiger charge is 2.29. The van der Waals surface area contributed by atoms with Crippen LogP contribution in [0, 0.1) is 6.92 Å². The summed E-state index contributed by atoms with van der Waals surface area (Å²) in [6.07, 6.45) is 0.471. The van der Waals surface area contributed by atoms with Crippen molar-refractivity contribution in [2.75, 3.05) is 37.7 Å². The second kappa shape index (κ2) is 6.55. The van der Waals surface area contributed by atoms with Gasteiger partial charge in [0.1, 0.15) is 17.2 Å². The molecule has 3 rings (SSSR count). The molecule has 0 bridgehead atoms. The average molecular weight is 334 g/mol. The zero-order valence-electron chi connectivity index (χ0n) is 15.0. The van der Waals surface area contributed by atoms with E-state index in [0.717, 1.165) is 55.6 Å². The monoisotopic (exact) mass is 334 g/mol. The Balaban J connectivity index is 1.81. The van der Waals surface area contributed by atoms with Crippen LogP contribution in [0.25, 0.3) is 0 Å². The molecular weight excluding hydrogens is 308 g/mol. The minimum atomic E-state index is -0.488. The van der Waals surface area contributed by atoms with Crippen molar-refractivity contribution in [3.8, 4) is 0 Å². The van der Waals surface area contributed by atoms with E-state index in [0.29, 0.717) is 13.1 Å². The van der Waals surface area contributed by atoms with Crippen molar-refractivity contribution >= 4 is 11.9 Å². The van der Waals surface area contributed by atoms with Gasteiger partial charge in [0.2, 0.25) is 0 Å². The van der Waals surface area contributed by atoms with E-state index in [2.05, 4.69) is 14.9 Å². The summed E-state index contributed by atoms with van der Waals surface area (Å²) in [4.78, 5) is 25.6. The number of hydrogen-bond donors (Lipinski definition) is 0. The number of hydrogen-bond acceptors (Lipinski definition) is 6. The summed E-state index contributed by atoms with van der Waals surface area (Å²) in [6.45, 7) is 11.8. The van der Waals surface area contributed by atoms with Gasteiger partial charge in [0, 0.05) is 25.2 Å². The Morgan fingerprint density at radius 2 is 1.88 bits per heavy atom. The van der Waals surface area contributed by atoms with Gasteiger partial charge in [-0.25, -0.2) is 14.8 Å². The van der Waals surface area contributed by atoms with Gasteiger partial charge < -0.3 is 19.3 Å². The maximum atomic E-state index is 12.3. The van der Waals surface area contributed by atoms with E-state index in [1.807, 2.05) is 27.7 Å². The topological polar surface area (TPSA) is 67.8 Å². The van der Waals surface area contributed by atoms with E-state index < -0.39 is 5.60 Å². The molecule has 1 aromatic heterocycles. The van der Waals surface area contributed by atoms with Crippen molar-refractivity contribution < 1.29 is 14.3 Å². The van der Waals surface area contributed by atoms with Crippen LogP contribution < -0.4 is 4.90 Å². The summed E-state index contributed by atoms with van der Waals surface area (Å²) in [6, 6.07) is 0. The first-order valence-electron chi connectivity index (χ1n) is 8.50. The number of aromatic nitrogens is 2. The summed E-state index contributed by atoms with van der Waals surface area (Å²) in [5.41, 5.74) is 1.60. The molecular formula is C17H26N4O3. The molecule has 3 heterocycles. The number of aryl methyl sites for hydroxylation is 1. The lowest BCUT2D eigenvalue weighted by molar-refractivity contribution is 0.0220. The van der Waals surface area contributed by atoms with Crippen molar-refractivity contribution in [2.24, 2.45) is 0 Å². The number of carbonyl (C=O) groups is 1. The number of nitrogens with zero attached hydrogens (tertiary/aromatic N) is 4. The van der Waals surface area contributed by atoms with Gasteiger partial charge in [0.25, 0.3) is 0 Å². The molecule has 0 aromatic carbocycles. The van der Waals surface area contributed by atoms with Crippen LogP contribution in [0.2, 0.25) is 0 Å². The number of rotatable bonds is 1. The zero-order valence-corrected chi connectivity index (χ0v) is 15.0. The fourth-order valence-corrected chi connectivity index (χ4v) is 3.05. The molecule has 1 fully saturated rings. The van der Waals surface area contributed by atoms with E-state index in [1.54, 1.807) is 4.90 Å². The van der Waals surface area contributed by atoms with Gasteiger partial charge in [-0.2, -0.15) is 0 Å². The summed E-state index contributed by atoms with van der Waals surface area (Å²) < 4.78 is 10.9. The predicted molar refractivity (Wildman–Crippen MR) is 90.1 cm³/mol. The molecule has 7 nitrogen and oxygen atoms in total. The van der Waals surface area contributed by atoms with Crippen LogP contribution >= 0.6 is 0 Å². The highest BCUT2D eigenvalue weighted by atomic mass is 16.6. The lowest BCUT2D eigenvalue weighted by Crippen LogP contribution is -2.42. The second-order valence-electron chi connectivity index (χ2n) is 7.27. The minimum absolute atomic E-state index is 0.280. The van der Waals surface area contributed by atoms with Crippen LogP contribution in [-0.2, 0) is 22.4 Å². The number of amides is 1. The van der Waals surface area contributed by atoms with Gasteiger partial charge in [-0.3, -0.25) is 0 Å². The standard InChI is InChI=1S/C17H26N4O3/c1-12-18-14-11-21(16(22)24-17(2,3)4)6-5-13(14)15(19-12)20-7-9-23-10-8-20/h5-11H2,1-4H3. The van der Waals surface area contributed by atoms with Crippen molar-refractivity contribution in [2.45, 2.75) is 46.3 Å². The summed E-state index contributed by atoms with van der Waals surface area (Å²) >= 11 is 0. The molecule has 0 saturated carbocycles. The SMILES string of the molecule is Cc1nc2c(c(N3CCOCC3)n1)CCN(C(=O)OC(C)(C)C)C2. The number of morpholine rings is 1. The Hall–Kier alpha value is -1.89. The first-order valence-corrected chi connectivity index (χ1v) is 8.50. The Bertz CT molecular complexity index is 621. The van der Waals surface area contributed by atoms with Crippen LogP contribution in [-0.4, -0.2) is 59.4 Å². The van der Waals surface area contributed by atoms with Gasteiger partial charge in [0.15, 0.2) is 0 Å². The molecule has 2 aliphatic rings. The number of fused-ring (bicyclic) bond motifs is 1. The fraction of sp³-hybridized carbons (Fsp3) is 0.706. The molecule has 1 aromatic rings. The molecule has 2 aliphatic heterocycles. The van der Waals surface area contributed by atoms with E-state index >= 15 is 0 Å². The maximum Gasteiger partial charge on any atom is 0.410 e. The molecule has 0 unspecified atom stereocenters. The van der Waals surface area contributed by atoms with E-state index in [-0.39, 0.29) is 6.09 Å². The van der Waals surface area contributed by atoms with Gasteiger partial charge in [-0.15, -0.1) is 0 Å². The number of carbonyl (C=O) groups excluding carboxylic acids is 1. The Kier molecular flexibility index (Phi) is 4.62. The molecule has 24 heavy (non-hydrogen) atoms. The van der Waals surface area contributed by atoms with Crippen molar-refractivity contribution in [1.82, 2.24) is 14.9 Å². The third kappa shape index (κ3) is 3.77. The Labute approximate surface area is 143 Å². The normalized spacial score (nSPS) is 18.3. The maximum absolute atomic E-state index is 12.3. The molecule has 0 spiro atoms. The quantitative estimate of drug-likeness (QED) is 0.781. The summed E-state index contributed by atoms with van der Waals surface area (Å²) in [7, 11) is 0. The average Bonchev–Trinajstić information content (AvgIpc) is 2.52. The van der Waals surface area contributed by atoms with Gasteiger partial charge >= 0.3 is 6.09 Å². The highest BCUT2D eigenvalue weighted by Crippen LogP contribution is 2.27. The van der Waals surface area contributed by atoms with Gasteiger partial charge in [-0.05, 0) is 34.1 Å². The summed E-state index contributed by atoms with van der Waals surface area (Å²) in [5, 5.41) is 0. The molecule has 0 radical (unpaired) electrons. The van der Waals surface area contributed by atoms with Crippen molar-refractivity contribution in [1.29, 1.82) is 0 Å². The molecule has 132 valence electrons. The lowest BCUT2D eigenvalue weighted by Gasteiger charge is -2.34. The van der Waals surface area contributed by atoms with Crippen molar-refractivity contribution in [3.63, 3.8) is 0 Å². The van der Waals surface area contributed by atoms with Gasteiger partial charge in [-0.1, -0.05) is 0 Å². The largest absolute Gasteiger partial charge is 0.444 e. The van der Waals surface area contributed by atoms with Crippen LogP contribution in [0.15, 0.2) is 0 Å². The van der Waals surface area contributed by atoms with Gasteiger partial charge in [0.05, 0.1) is 25.5 Å². The smallest absolute Gasteiger partial charge is 0.410 e.